The molecular formula is C9H7N3O3. The first-order chi connectivity index (χ1) is 7.20. The Hall–Kier alpha value is -2.24. The van der Waals surface area contributed by atoms with Crippen LogP contribution in [-0.4, -0.2) is 26.2 Å². The van der Waals surface area contributed by atoms with E-state index in [0.29, 0.717) is 5.69 Å². The maximum Gasteiger partial charge on any atom is 0.341 e. The van der Waals surface area contributed by atoms with Crippen molar-refractivity contribution in [1.29, 1.82) is 0 Å². The number of carbonyl (C=O) groups is 1. The third-order valence-corrected chi connectivity index (χ3v) is 1.90. The van der Waals surface area contributed by atoms with Gasteiger partial charge in [-0.05, 0) is 13.0 Å². The van der Waals surface area contributed by atoms with Gasteiger partial charge in [0.1, 0.15) is 23.3 Å². The highest BCUT2D eigenvalue weighted by atomic mass is 16.5. The molecule has 0 aliphatic rings. The molecule has 0 spiro atoms. The Morgan fingerprint density at radius 1 is 1.53 bits per heavy atom. The Labute approximate surface area is 84.6 Å². The second-order valence-electron chi connectivity index (χ2n) is 2.86. The zero-order valence-electron chi connectivity index (χ0n) is 7.84. The van der Waals surface area contributed by atoms with E-state index >= 15 is 0 Å². The van der Waals surface area contributed by atoms with Crippen molar-refractivity contribution in [2.24, 2.45) is 0 Å². The second-order valence-corrected chi connectivity index (χ2v) is 2.86. The number of rotatable bonds is 2. The minimum absolute atomic E-state index is 0.0358. The lowest BCUT2D eigenvalue weighted by Gasteiger charge is -1.95. The van der Waals surface area contributed by atoms with Crippen molar-refractivity contribution in [2.45, 2.75) is 6.92 Å². The van der Waals surface area contributed by atoms with Gasteiger partial charge in [-0.3, -0.25) is 0 Å². The Morgan fingerprint density at radius 3 is 2.93 bits per heavy atom. The standard InChI is InChI=1S/C9H7N3O3/c1-5-7(9(13)14)8(12-15-5)6-2-3-10-4-11-6/h2-4H,1H3,(H,13,14). The first-order valence-corrected chi connectivity index (χ1v) is 4.16. The van der Waals surface area contributed by atoms with Crippen LogP contribution in [0, 0.1) is 6.92 Å². The minimum atomic E-state index is -1.08. The monoisotopic (exact) mass is 205 g/mol. The van der Waals surface area contributed by atoms with E-state index in [1.54, 1.807) is 13.0 Å². The number of aromatic nitrogens is 3. The Bertz CT molecular complexity index is 493. The summed E-state index contributed by atoms with van der Waals surface area (Å²) in [7, 11) is 0. The van der Waals surface area contributed by atoms with Gasteiger partial charge in [0.15, 0.2) is 0 Å². The van der Waals surface area contributed by atoms with Gasteiger partial charge < -0.3 is 9.63 Å². The highest BCUT2D eigenvalue weighted by Gasteiger charge is 2.21. The molecule has 0 fully saturated rings. The zero-order valence-corrected chi connectivity index (χ0v) is 7.84. The smallest absolute Gasteiger partial charge is 0.341 e. The molecule has 0 aromatic carbocycles. The predicted octanol–water partition coefficient (Wildman–Crippen LogP) is 1.14. The van der Waals surface area contributed by atoms with Gasteiger partial charge in [-0.25, -0.2) is 14.8 Å². The van der Waals surface area contributed by atoms with Crippen molar-refractivity contribution in [1.82, 2.24) is 15.1 Å². The average molecular weight is 205 g/mol. The fourth-order valence-electron chi connectivity index (χ4n) is 1.23. The number of carboxylic acid groups (broad SMARTS) is 1. The summed E-state index contributed by atoms with van der Waals surface area (Å²) in [4.78, 5) is 18.6. The molecule has 2 aromatic heterocycles. The van der Waals surface area contributed by atoms with Gasteiger partial charge in [0.2, 0.25) is 0 Å². The molecular weight excluding hydrogens is 198 g/mol. The molecule has 0 amide bonds. The normalized spacial score (nSPS) is 10.2. The van der Waals surface area contributed by atoms with Crippen molar-refractivity contribution >= 4 is 5.97 Å². The molecule has 1 N–H and O–H groups in total. The number of carboxylic acids is 1. The summed E-state index contributed by atoms with van der Waals surface area (Å²) in [6, 6.07) is 1.57. The van der Waals surface area contributed by atoms with Crippen molar-refractivity contribution in [2.75, 3.05) is 0 Å². The largest absolute Gasteiger partial charge is 0.477 e. The molecule has 0 aliphatic carbocycles. The summed E-state index contributed by atoms with van der Waals surface area (Å²) in [6.45, 7) is 1.54. The van der Waals surface area contributed by atoms with Crippen LogP contribution in [0.3, 0.4) is 0 Å². The van der Waals surface area contributed by atoms with Crippen LogP contribution in [0.25, 0.3) is 11.4 Å². The third kappa shape index (κ3) is 1.56. The molecule has 6 nitrogen and oxygen atoms in total. The van der Waals surface area contributed by atoms with Crippen molar-refractivity contribution < 1.29 is 14.4 Å². The van der Waals surface area contributed by atoms with E-state index < -0.39 is 5.97 Å². The molecule has 76 valence electrons. The molecule has 2 heterocycles. The lowest BCUT2D eigenvalue weighted by molar-refractivity contribution is 0.0695. The number of aryl methyl sites for hydroxylation is 1. The first kappa shape index (κ1) is 9.32. The van der Waals surface area contributed by atoms with E-state index in [1.165, 1.54) is 12.5 Å². The van der Waals surface area contributed by atoms with Crippen LogP contribution in [0.15, 0.2) is 23.1 Å². The third-order valence-electron chi connectivity index (χ3n) is 1.90. The summed E-state index contributed by atoms with van der Waals surface area (Å²) in [5, 5.41) is 12.6. The topological polar surface area (TPSA) is 89.1 Å². The van der Waals surface area contributed by atoms with Crippen LogP contribution in [0.1, 0.15) is 16.1 Å². The quantitative estimate of drug-likeness (QED) is 0.790. The summed E-state index contributed by atoms with van der Waals surface area (Å²) in [5.74, 6) is -0.821. The van der Waals surface area contributed by atoms with Crippen LogP contribution in [0.2, 0.25) is 0 Å². The van der Waals surface area contributed by atoms with E-state index in [9.17, 15) is 4.79 Å². The number of aromatic carboxylic acids is 1. The van der Waals surface area contributed by atoms with Crippen LogP contribution in [0.4, 0.5) is 0 Å². The molecule has 0 atom stereocenters. The highest BCUT2D eigenvalue weighted by molar-refractivity contribution is 5.95. The SMILES string of the molecule is Cc1onc(-c2ccncn2)c1C(=O)O. The zero-order chi connectivity index (χ0) is 10.8. The molecule has 2 rings (SSSR count). The first-order valence-electron chi connectivity index (χ1n) is 4.16. The summed E-state index contributed by atoms with van der Waals surface area (Å²) < 4.78 is 4.82. The summed E-state index contributed by atoms with van der Waals surface area (Å²) in [6.07, 6.45) is 2.84. The molecule has 0 bridgehead atoms. The van der Waals surface area contributed by atoms with E-state index in [0.717, 1.165) is 0 Å². The van der Waals surface area contributed by atoms with Gasteiger partial charge >= 0.3 is 5.97 Å². The molecule has 0 unspecified atom stereocenters. The van der Waals surface area contributed by atoms with Gasteiger partial charge in [0.25, 0.3) is 0 Å². The lowest BCUT2D eigenvalue weighted by atomic mass is 10.1. The second kappa shape index (κ2) is 3.49. The van der Waals surface area contributed by atoms with Crippen LogP contribution < -0.4 is 0 Å². The van der Waals surface area contributed by atoms with Crippen molar-refractivity contribution in [3.63, 3.8) is 0 Å². The van der Waals surface area contributed by atoms with Crippen molar-refractivity contribution in [3.05, 3.63) is 29.9 Å². The van der Waals surface area contributed by atoms with Crippen LogP contribution in [0.5, 0.6) is 0 Å². The number of hydrogen-bond donors (Lipinski definition) is 1. The summed E-state index contributed by atoms with van der Waals surface area (Å²) in [5.41, 5.74) is 0.690. The maximum absolute atomic E-state index is 10.9. The van der Waals surface area contributed by atoms with Crippen LogP contribution >= 0.6 is 0 Å². The molecule has 6 heteroatoms. The Morgan fingerprint density at radius 2 is 2.33 bits per heavy atom. The Balaban J connectivity index is 2.59. The van der Waals surface area contributed by atoms with Gasteiger partial charge in [0, 0.05) is 6.20 Å². The highest BCUT2D eigenvalue weighted by Crippen LogP contribution is 2.22. The predicted molar refractivity (Wildman–Crippen MR) is 49.2 cm³/mol. The maximum atomic E-state index is 10.9. The minimum Gasteiger partial charge on any atom is -0.477 e. The van der Waals surface area contributed by atoms with E-state index in [-0.39, 0.29) is 17.0 Å². The van der Waals surface area contributed by atoms with Crippen LogP contribution in [-0.2, 0) is 0 Å². The van der Waals surface area contributed by atoms with Gasteiger partial charge in [-0.15, -0.1) is 0 Å². The molecule has 0 saturated carbocycles. The lowest BCUT2D eigenvalue weighted by Crippen LogP contribution is -2.00. The summed E-state index contributed by atoms with van der Waals surface area (Å²) >= 11 is 0. The van der Waals surface area contributed by atoms with E-state index in [2.05, 4.69) is 15.1 Å². The fraction of sp³-hybridized carbons (Fsp3) is 0.111. The number of nitrogens with zero attached hydrogens (tertiary/aromatic N) is 3. The molecule has 0 saturated heterocycles. The Kier molecular flexibility index (Phi) is 2.17. The van der Waals surface area contributed by atoms with E-state index in [4.69, 9.17) is 9.63 Å². The molecule has 0 radical (unpaired) electrons. The van der Waals surface area contributed by atoms with E-state index in [1.807, 2.05) is 0 Å². The molecule has 2 aromatic rings. The molecule has 15 heavy (non-hydrogen) atoms. The fourth-order valence-corrected chi connectivity index (χ4v) is 1.23. The molecule has 0 aliphatic heterocycles. The van der Waals surface area contributed by atoms with Crippen molar-refractivity contribution in [3.8, 4) is 11.4 Å². The van der Waals surface area contributed by atoms with Gasteiger partial charge in [0.05, 0.1) is 5.69 Å². The number of hydrogen-bond acceptors (Lipinski definition) is 5. The average Bonchev–Trinajstić information content (AvgIpc) is 2.61. The van der Waals surface area contributed by atoms with Gasteiger partial charge in [-0.2, -0.15) is 0 Å². The van der Waals surface area contributed by atoms with Gasteiger partial charge in [-0.1, -0.05) is 5.16 Å².